The van der Waals surface area contributed by atoms with Crippen LogP contribution < -0.4 is 0 Å². The van der Waals surface area contributed by atoms with Gasteiger partial charge in [0.1, 0.15) is 11.0 Å². The van der Waals surface area contributed by atoms with Crippen LogP contribution in [0.1, 0.15) is 20.8 Å². The van der Waals surface area contributed by atoms with Crippen molar-refractivity contribution in [3.05, 3.63) is 35.4 Å². The molecule has 0 aliphatic carbocycles. The van der Waals surface area contributed by atoms with E-state index < -0.39 is 5.60 Å². The van der Waals surface area contributed by atoms with Crippen LogP contribution >= 0.6 is 11.8 Å². The minimum absolute atomic E-state index is 0.0415. The zero-order valence-electron chi connectivity index (χ0n) is 9.64. The average Bonchev–Trinajstić information content (AvgIpc) is 2.58. The summed E-state index contributed by atoms with van der Waals surface area (Å²) < 4.78 is 5.34. The Morgan fingerprint density at radius 3 is 2.94 bits per heavy atom. The van der Waals surface area contributed by atoms with E-state index in [0.29, 0.717) is 0 Å². The first-order valence-corrected chi connectivity index (χ1v) is 6.13. The van der Waals surface area contributed by atoms with Crippen LogP contribution in [0.15, 0.2) is 35.4 Å². The Hall–Kier alpha value is -1.16. The predicted molar refractivity (Wildman–Crippen MR) is 65.8 cm³/mol. The second kappa shape index (κ2) is 4.01. The molecule has 1 unspecified atom stereocenters. The van der Waals surface area contributed by atoms with Crippen LogP contribution in [0, 0.1) is 0 Å². The van der Waals surface area contributed by atoms with Gasteiger partial charge in [0.15, 0.2) is 0 Å². The van der Waals surface area contributed by atoms with E-state index >= 15 is 0 Å². The summed E-state index contributed by atoms with van der Waals surface area (Å²) in [5, 5.41) is 2.03. The number of amides is 1. The van der Waals surface area contributed by atoms with Crippen molar-refractivity contribution >= 4 is 17.9 Å². The van der Waals surface area contributed by atoms with E-state index in [1.165, 1.54) is 0 Å². The highest BCUT2D eigenvalue weighted by Gasteiger charge is 2.32. The van der Waals surface area contributed by atoms with Gasteiger partial charge in [0.05, 0.1) is 0 Å². The largest absolute Gasteiger partial charge is 0.443 e. The monoisotopic (exact) mass is 237 g/mol. The van der Waals surface area contributed by atoms with Crippen LogP contribution in [-0.4, -0.2) is 22.0 Å². The Morgan fingerprint density at radius 1 is 1.50 bits per heavy atom. The van der Waals surface area contributed by atoms with Gasteiger partial charge in [0, 0.05) is 6.20 Å². The zero-order valence-corrected chi connectivity index (χ0v) is 10.5. The molecule has 1 atom stereocenters. The lowest BCUT2D eigenvalue weighted by Gasteiger charge is -2.28. The number of thioether (sulfide) groups is 1. The summed E-state index contributed by atoms with van der Waals surface area (Å²) in [5.41, 5.74) is 0.686. The summed E-state index contributed by atoms with van der Waals surface area (Å²) in [7, 11) is 0. The lowest BCUT2D eigenvalue weighted by Crippen LogP contribution is -2.37. The lowest BCUT2D eigenvalue weighted by molar-refractivity contribution is 0.0343. The van der Waals surface area contributed by atoms with Gasteiger partial charge in [-0.3, -0.25) is 4.90 Å². The van der Waals surface area contributed by atoms with E-state index in [9.17, 15) is 4.79 Å². The topological polar surface area (TPSA) is 29.5 Å². The number of ether oxygens (including phenoxy) is 1. The zero-order chi connectivity index (χ0) is 11.8. The highest BCUT2D eigenvalue weighted by molar-refractivity contribution is 8.02. The third-order valence-corrected chi connectivity index (χ3v) is 3.22. The van der Waals surface area contributed by atoms with Gasteiger partial charge in [-0.2, -0.15) is 0 Å². The summed E-state index contributed by atoms with van der Waals surface area (Å²) in [6, 6.07) is 0. The molecule has 86 valence electrons. The van der Waals surface area contributed by atoms with Crippen molar-refractivity contribution in [1.29, 1.82) is 0 Å². The number of hydrogen-bond acceptors (Lipinski definition) is 3. The Balaban J connectivity index is 2.08. The molecule has 0 saturated carbocycles. The molecule has 2 rings (SSSR count). The molecule has 0 aromatic carbocycles. The van der Waals surface area contributed by atoms with Crippen LogP contribution in [0.25, 0.3) is 0 Å². The minimum atomic E-state index is -0.452. The smallest absolute Gasteiger partial charge is 0.415 e. The third-order valence-electron chi connectivity index (χ3n) is 2.14. The lowest BCUT2D eigenvalue weighted by atomic mass is 10.2. The Labute approximate surface area is 99.8 Å². The highest BCUT2D eigenvalue weighted by atomic mass is 32.2. The van der Waals surface area contributed by atoms with Crippen molar-refractivity contribution in [2.24, 2.45) is 0 Å². The minimum Gasteiger partial charge on any atom is -0.443 e. The van der Waals surface area contributed by atoms with Crippen LogP contribution in [0.4, 0.5) is 4.79 Å². The van der Waals surface area contributed by atoms with E-state index in [0.717, 1.165) is 5.57 Å². The normalized spacial score (nSPS) is 23.1. The number of hydrogen-bond donors (Lipinski definition) is 0. The van der Waals surface area contributed by atoms with Crippen molar-refractivity contribution in [3.63, 3.8) is 0 Å². The molecule has 0 saturated heterocycles. The number of carbonyl (C=O) groups excluding carboxylic acids is 1. The summed E-state index contributed by atoms with van der Waals surface area (Å²) in [6.45, 7) is 5.61. The molecule has 0 N–H and O–H groups in total. The van der Waals surface area contributed by atoms with Gasteiger partial charge >= 0.3 is 6.09 Å². The maximum absolute atomic E-state index is 11.9. The first-order chi connectivity index (χ1) is 7.47. The van der Waals surface area contributed by atoms with E-state index in [4.69, 9.17) is 4.74 Å². The standard InChI is InChI=1S/C12H15NO2S/c1-12(2,3)15-11(14)13-7-6-9-5-4-8-16-10(9)13/h4-8,10H,1-3H3. The van der Waals surface area contributed by atoms with Gasteiger partial charge in [-0.25, -0.2) is 4.79 Å². The SMILES string of the molecule is CC(C)(C)OC(=O)N1C=CC2=CC=CSC21. The van der Waals surface area contributed by atoms with Crippen molar-refractivity contribution in [1.82, 2.24) is 4.90 Å². The van der Waals surface area contributed by atoms with Gasteiger partial charge < -0.3 is 4.74 Å². The van der Waals surface area contributed by atoms with Crippen molar-refractivity contribution < 1.29 is 9.53 Å². The first kappa shape index (κ1) is 11.3. The second-order valence-electron chi connectivity index (χ2n) is 4.69. The third kappa shape index (κ3) is 2.32. The van der Waals surface area contributed by atoms with Crippen molar-refractivity contribution in [2.45, 2.75) is 31.7 Å². The number of fused-ring (bicyclic) bond motifs is 1. The fourth-order valence-electron chi connectivity index (χ4n) is 1.51. The Bertz CT molecular complexity index is 390. The van der Waals surface area contributed by atoms with Gasteiger partial charge in [-0.15, -0.1) is 11.8 Å². The Morgan fingerprint density at radius 2 is 2.25 bits per heavy atom. The molecule has 2 heterocycles. The molecular formula is C12H15NO2S. The molecule has 0 aromatic heterocycles. The van der Waals surface area contributed by atoms with Gasteiger partial charge in [-0.05, 0) is 37.8 Å². The fourth-order valence-corrected chi connectivity index (χ4v) is 2.43. The summed E-state index contributed by atoms with van der Waals surface area (Å²) in [6.07, 6.45) is 7.44. The number of rotatable bonds is 0. The molecule has 1 amide bonds. The van der Waals surface area contributed by atoms with E-state index in [1.807, 2.05) is 44.4 Å². The molecule has 3 nitrogen and oxygen atoms in total. The molecule has 16 heavy (non-hydrogen) atoms. The molecular weight excluding hydrogens is 222 g/mol. The van der Waals surface area contributed by atoms with Crippen LogP contribution in [0.5, 0.6) is 0 Å². The predicted octanol–water partition coefficient (Wildman–Crippen LogP) is 3.26. The number of allylic oxidation sites excluding steroid dienone is 2. The van der Waals surface area contributed by atoms with Gasteiger partial charge in [-0.1, -0.05) is 12.2 Å². The number of nitrogens with zero attached hydrogens (tertiary/aromatic N) is 1. The quantitative estimate of drug-likeness (QED) is 0.647. The van der Waals surface area contributed by atoms with E-state index in [2.05, 4.69) is 0 Å². The highest BCUT2D eigenvalue weighted by Crippen LogP contribution is 2.34. The maximum Gasteiger partial charge on any atom is 0.415 e. The summed E-state index contributed by atoms with van der Waals surface area (Å²) in [5.74, 6) is 0. The molecule has 0 fully saturated rings. The molecule has 0 bridgehead atoms. The molecule has 2 aliphatic rings. The molecule has 0 spiro atoms. The molecule has 0 aromatic rings. The average molecular weight is 237 g/mol. The van der Waals surface area contributed by atoms with E-state index in [-0.39, 0.29) is 11.5 Å². The molecule has 4 heteroatoms. The van der Waals surface area contributed by atoms with E-state index in [1.54, 1.807) is 22.9 Å². The van der Waals surface area contributed by atoms with Gasteiger partial charge in [0.2, 0.25) is 0 Å². The van der Waals surface area contributed by atoms with Crippen molar-refractivity contribution in [3.8, 4) is 0 Å². The summed E-state index contributed by atoms with van der Waals surface area (Å²) >= 11 is 1.61. The fraction of sp³-hybridized carbons (Fsp3) is 0.417. The van der Waals surface area contributed by atoms with Crippen LogP contribution in [0.2, 0.25) is 0 Å². The second-order valence-corrected chi connectivity index (χ2v) is 5.68. The van der Waals surface area contributed by atoms with Crippen molar-refractivity contribution in [2.75, 3.05) is 0 Å². The van der Waals surface area contributed by atoms with Crippen LogP contribution in [0.3, 0.4) is 0 Å². The maximum atomic E-state index is 11.9. The van der Waals surface area contributed by atoms with Gasteiger partial charge in [0.25, 0.3) is 0 Å². The first-order valence-electron chi connectivity index (χ1n) is 5.19. The summed E-state index contributed by atoms with van der Waals surface area (Å²) in [4.78, 5) is 13.5. The number of carbonyl (C=O) groups is 1. The molecule has 2 aliphatic heterocycles. The molecule has 0 radical (unpaired) electrons. The van der Waals surface area contributed by atoms with Crippen LogP contribution in [-0.2, 0) is 4.74 Å². The Kier molecular flexibility index (Phi) is 2.84.